The number of hydrogen-bond donors (Lipinski definition) is 0. The Morgan fingerprint density at radius 2 is 1.80 bits per heavy atom. The Bertz CT molecular complexity index is 1110. The van der Waals surface area contributed by atoms with Gasteiger partial charge >= 0.3 is 0 Å². The lowest BCUT2D eigenvalue weighted by Gasteiger charge is -2.44. The fourth-order valence-electron chi connectivity index (χ4n) is 4.86. The summed E-state index contributed by atoms with van der Waals surface area (Å²) >= 11 is 0. The van der Waals surface area contributed by atoms with Crippen LogP contribution in [0.5, 0.6) is 0 Å². The van der Waals surface area contributed by atoms with Crippen molar-refractivity contribution in [1.82, 2.24) is 10.1 Å². The van der Waals surface area contributed by atoms with Crippen molar-refractivity contribution in [3.05, 3.63) is 72.0 Å². The first-order valence-electron chi connectivity index (χ1n) is 10.2. The van der Waals surface area contributed by atoms with E-state index in [-0.39, 0.29) is 24.0 Å². The van der Waals surface area contributed by atoms with Gasteiger partial charge in [-0.05, 0) is 18.9 Å². The van der Waals surface area contributed by atoms with Crippen molar-refractivity contribution in [2.75, 3.05) is 18.0 Å². The molecule has 0 N–H and O–H groups in total. The predicted octanol–water partition coefficient (Wildman–Crippen LogP) is 3.76. The summed E-state index contributed by atoms with van der Waals surface area (Å²) in [5, 5.41) is 4.15. The Kier molecular flexibility index (Phi) is 3.77. The second-order valence-electron chi connectivity index (χ2n) is 8.17. The maximum absolute atomic E-state index is 14.3. The van der Waals surface area contributed by atoms with Gasteiger partial charge in [-0.1, -0.05) is 53.7 Å². The van der Waals surface area contributed by atoms with E-state index in [9.17, 15) is 9.18 Å². The predicted molar refractivity (Wildman–Crippen MR) is 107 cm³/mol. The molecule has 3 aliphatic heterocycles. The first-order valence-corrected chi connectivity index (χ1v) is 10.2. The number of benzene rings is 2. The van der Waals surface area contributed by atoms with Crippen LogP contribution in [0, 0.1) is 5.82 Å². The molecule has 0 bridgehead atoms. The number of carbonyl (C=O) groups excluding carboxylic acids is 1. The number of halogens is 1. The molecular formula is C23H20FN3O3. The normalized spacial score (nSPS) is 24.4. The fraction of sp³-hybridized carbons (Fsp3) is 0.304. The maximum Gasteiger partial charge on any atom is 0.261 e. The fourth-order valence-corrected chi connectivity index (χ4v) is 4.86. The summed E-state index contributed by atoms with van der Waals surface area (Å²) in [4.78, 5) is 17.0. The summed E-state index contributed by atoms with van der Waals surface area (Å²) < 4.78 is 26.0. The minimum atomic E-state index is -0.881. The molecule has 6 nitrogen and oxygen atoms in total. The van der Waals surface area contributed by atoms with Crippen molar-refractivity contribution in [2.24, 2.45) is 0 Å². The highest BCUT2D eigenvalue weighted by molar-refractivity contribution is 5.91. The van der Waals surface area contributed by atoms with Crippen molar-refractivity contribution in [2.45, 2.75) is 30.7 Å². The highest BCUT2D eigenvalue weighted by Gasteiger charge is 2.63. The van der Waals surface area contributed by atoms with Gasteiger partial charge in [0.15, 0.2) is 5.60 Å². The van der Waals surface area contributed by atoms with Crippen molar-refractivity contribution in [3.63, 3.8) is 0 Å². The molecule has 7 heteroatoms. The van der Waals surface area contributed by atoms with Gasteiger partial charge < -0.3 is 19.1 Å². The zero-order valence-corrected chi connectivity index (χ0v) is 16.2. The van der Waals surface area contributed by atoms with E-state index < -0.39 is 5.60 Å². The highest BCUT2D eigenvalue weighted by atomic mass is 19.1. The van der Waals surface area contributed by atoms with E-state index in [1.807, 2.05) is 47.4 Å². The Labute approximate surface area is 172 Å². The molecule has 6 rings (SSSR count). The van der Waals surface area contributed by atoms with Crippen molar-refractivity contribution in [1.29, 1.82) is 0 Å². The SMILES string of the molecule is O=C1N2[C@@H](CC[C@H]2c2ccccc2F)OC12CN(c1cc(-c3ccccc3)no1)C2. The van der Waals surface area contributed by atoms with E-state index in [0.29, 0.717) is 37.4 Å². The molecule has 2 atom stereocenters. The van der Waals surface area contributed by atoms with Crippen LogP contribution in [0.1, 0.15) is 24.4 Å². The molecule has 0 saturated carbocycles. The topological polar surface area (TPSA) is 58.8 Å². The summed E-state index contributed by atoms with van der Waals surface area (Å²) in [6.07, 6.45) is 1.13. The minimum Gasteiger partial charge on any atom is -0.338 e. The molecule has 0 radical (unpaired) electrons. The van der Waals surface area contributed by atoms with Crippen LogP contribution in [-0.4, -0.2) is 40.9 Å². The molecule has 3 aliphatic rings. The smallest absolute Gasteiger partial charge is 0.261 e. The summed E-state index contributed by atoms with van der Waals surface area (Å²) in [6, 6.07) is 18.1. The number of rotatable bonds is 3. The molecule has 1 amide bonds. The summed E-state index contributed by atoms with van der Waals surface area (Å²) in [5.41, 5.74) is 1.41. The van der Waals surface area contributed by atoms with E-state index >= 15 is 0 Å². The molecule has 3 fully saturated rings. The largest absolute Gasteiger partial charge is 0.338 e. The average Bonchev–Trinajstić information content (AvgIpc) is 3.44. The third-order valence-corrected chi connectivity index (χ3v) is 6.35. The molecule has 30 heavy (non-hydrogen) atoms. The van der Waals surface area contributed by atoms with Crippen molar-refractivity contribution < 1.29 is 18.4 Å². The molecule has 152 valence electrons. The van der Waals surface area contributed by atoms with Crippen molar-refractivity contribution >= 4 is 11.8 Å². The minimum absolute atomic E-state index is 0.0581. The van der Waals surface area contributed by atoms with Gasteiger partial charge in [-0.2, -0.15) is 0 Å². The summed E-state index contributed by atoms with van der Waals surface area (Å²) in [5.74, 6) is 0.285. The van der Waals surface area contributed by atoms with E-state index in [1.54, 1.807) is 17.0 Å². The first kappa shape index (κ1) is 17.7. The lowest BCUT2D eigenvalue weighted by Crippen LogP contribution is -2.66. The lowest BCUT2D eigenvalue weighted by molar-refractivity contribution is -0.141. The number of ether oxygens (including phenoxy) is 1. The van der Waals surface area contributed by atoms with Crippen LogP contribution in [0.25, 0.3) is 11.3 Å². The van der Waals surface area contributed by atoms with E-state index in [1.165, 1.54) is 6.07 Å². The van der Waals surface area contributed by atoms with Crippen LogP contribution in [0.3, 0.4) is 0 Å². The first-order chi connectivity index (χ1) is 14.6. The number of fused-ring (bicyclic) bond motifs is 1. The molecule has 2 aromatic carbocycles. The van der Waals surface area contributed by atoms with Gasteiger partial charge in [0, 0.05) is 17.2 Å². The third-order valence-electron chi connectivity index (χ3n) is 6.35. The Morgan fingerprint density at radius 3 is 2.60 bits per heavy atom. The van der Waals surface area contributed by atoms with Gasteiger partial charge in [-0.25, -0.2) is 4.39 Å². The van der Waals surface area contributed by atoms with E-state index in [2.05, 4.69) is 5.16 Å². The number of nitrogens with zero attached hydrogens (tertiary/aromatic N) is 3. The average molecular weight is 405 g/mol. The number of anilines is 1. The Hall–Kier alpha value is -3.19. The molecule has 3 aromatic rings. The third kappa shape index (κ3) is 2.51. The molecule has 4 heterocycles. The molecule has 3 saturated heterocycles. The monoisotopic (exact) mass is 405 g/mol. The second-order valence-corrected chi connectivity index (χ2v) is 8.17. The Balaban J connectivity index is 1.20. The van der Waals surface area contributed by atoms with E-state index in [0.717, 1.165) is 11.3 Å². The molecule has 1 aromatic heterocycles. The van der Waals surface area contributed by atoms with Gasteiger partial charge in [-0.15, -0.1) is 0 Å². The van der Waals surface area contributed by atoms with Crippen LogP contribution < -0.4 is 4.90 Å². The van der Waals surface area contributed by atoms with Gasteiger partial charge in [0.2, 0.25) is 5.88 Å². The van der Waals surface area contributed by atoms with Crippen LogP contribution in [0.4, 0.5) is 10.3 Å². The van der Waals surface area contributed by atoms with E-state index in [4.69, 9.17) is 9.26 Å². The standard InChI is InChI=1S/C23H20FN3O3/c24-17-9-5-4-8-16(17)19-10-11-20-27(19)22(28)23(29-20)13-26(14-23)21-12-18(25-30-21)15-6-2-1-3-7-15/h1-9,12,19-20H,10-11,13-14H2/t19-,20+/m0/s1. The number of hydrogen-bond acceptors (Lipinski definition) is 5. The summed E-state index contributed by atoms with van der Waals surface area (Å²) in [7, 11) is 0. The highest BCUT2D eigenvalue weighted by Crippen LogP contribution is 2.48. The van der Waals surface area contributed by atoms with Crippen LogP contribution in [-0.2, 0) is 9.53 Å². The van der Waals surface area contributed by atoms with Crippen molar-refractivity contribution in [3.8, 4) is 11.3 Å². The Morgan fingerprint density at radius 1 is 1.03 bits per heavy atom. The van der Waals surface area contributed by atoms with Gasteiger partial charge in [0.05, 0.1) is 19.1 Å². The number of aromatic nitrogens is 1. The van der Waals surface area contributed by atoms with Gasteiger partial charge in [-0.3, -0.25) is 4.79 Å². The lowest BCUT2D eigenvalue weighted by atomic mass is 9.92. The number of carbonyl (C=O) groups is 1. The number of amides is 1. The molecule has 0 unspecified atom stereocenters. The van der Waals surface area contributed by atoms with Gasteiger partial charge in [0.25, 0.3) is 5.91 Å². The van der Waals surface area contributed by atoms with Crippen LogP contribution >= 0.6 is 0 Å². The summed E-state index contributed by atoms with van der Waals surface area (Å²) in [6.45, 7) is 0.818. The molecular weight excluding hydrogens is 385 g/mol. The van der Waals surface area contributed by atoms with Gasteiger partial charge in [0.1, 0.15) is 17.7 Å². The second kappa shape index (κ2) is 6.40. The maximum atomic E-state index is 14.3. The zero-order valence-electron chi connectivity index (χ0n) is 16.2. The zero-order chi connectivity index (χ0) is 20.3. The molecule has 1 spiro atoms. The molecule has 0 aliphatic carbocycles. The van der Waals surface area contributed by atoms with Crippen LogP contribution in [0.2, 0.25) is 0 Å². The quantitative estimate of drug-likeness (QED) is 0.664. The van der Waals surface area contributed by atoms with Crippen LogP contribution in [0.15, 0.2) is 65.2 Å².